The van der Waals surface area contributed by atoms with Gasteiger partial charge in [-0.2, -0.15) is 0 Å². The van der Waals surface area contributed by atoms with Crippen molar-refractivity contribution in [2.45, 2.75) is 71.0 Å². The van der Waals surface area contributed by atoms with Gasteiger partial charge < -0.3 is 14.4 Å². The smallest absolute Gasteiger partial charge is 0.410 e. The lowest BCUT2D eigenvalue weighted by molar-refractivity contribution is -0.0768. The van der Waals surface area contributed by atoms with Crippen molar-refractivity contribution >= 4 is 22.0 Å². The number of ether oxygens (including phenoxy) is 2. The van der Waals surface area contributed by atoms with Crippen LogP contribution in [-0.4, -0.2) is 47.2 Å². The molecular formula is C16H30BrNO3. The van der Waals surface area contributed by atoms with E-state index < -0.39 is 5.60 Å². The molecule has 1 amide bonds. The van der Waals surface area contributed by atoms with Crippen LogP contribution in [0.2, 0.25) is 0 Å². The molecule has 0 aromatic rings. The number of unbranched alkanes of at least 4 members (excludes halogenated alkanes) is 2. The normalized spacial score (nSPS) is 23.2. The second-order valence-corrected chi connectivity index (χ2v) is 7.44. The number of alkyl halides is 1. The minimum Gasteiger partial charge on any atom is -0.444 e. The summed E-state index contributed by atoms with van der Waals surface area (Å²) >= 11 is 3.57. The summed E-state index contributed by atoms with van der Waals surface area (Å²) in [4.78, 5) is 14.0. The first-order valence-electron chi connectivity index (χ1n) is 8.00. The number of piperidine rings is 1. The number of halogens is 1. The van der Waals surface area contributed by atoms with E-state index in [1.165, 1.54) is 12.8 Å². The molecule has 1 aliphatic heterocycles. The van der Waals surface area contributed by atoms with Gasteiger partial charge in [-0.25, -0.2) is 4.79 Å². The number of nitrogens with zero attached hydrogens (tertiary/aromatic N) is 1. The molecule has 1 heterocycles. The Hall–Kier alpha value is -0.290. The molecule has 21 heavy (non-hydrogen) atoms. The van der Waals surface area contributed by atoms with Gasteiger partial charge in [-0.3, -0.25) is 0 Å². The fraction of sp³-hybridized carbons (Fsp3) is 0.938. The van der Waals surface area contributed by atoms with Crippen molar-refractivity contribution in [3.05, 3.63) is 0 Å². The van der Waals surface area contributed by atoms with Crippen LogP contribution in [0.3, 0.4) is 0 Å². The molecular weight excluding hydrogens is 334 g/mol. The number of carbonyl (C=O) groups excluding carboxylic acids is 1. The average Bonchev–Trinajstić information content (AvgIpc) is 2.42. The quantitative estimate of drug-likeness (QED) is 0.519. The van der Waals surface area contributed by atoms with Crippen LogP contribution in [0.15, 0.2) is 0 Å². The summed E-state index contributed by atoms with van der Waals surface area (Å²) in [7, 11) is 0. The molecule has 1 unspecified atom stereocenters. The number of hydrogen-bond donors (Lipinski definition) is 0. The topological polar surface area (TPSA) is 38.8 Å². The summed E-state index contributed by atoms with van der Waals surface area (Å²) in [5, 5.41) is 0.755. The molecule has 5 heteroatoms. The predicted molar refractivity (Wildman–Crippen MR) is 89.0 cm³/mol. The van der Waals surface area contributed by atoms with Gasteiger partial charge in [0.2, 0.25) is 0 Å². The van der Waals surface area contributed by atoms with E-state index in [0.717, 1.165) is 37.7 Å². The van der Waals surface area contributed by atoms with Gasteiger partial charge >= 0.3 is 6.09 Å². The van der Waals surface area contributed by atoms with Crippen LogP contribution in [-0.2, 0) is 9.47 Å². The lowest BCUT2D eigenvalue weighted by Gasteiger charge is -2.42. The van der Waals surface area contributed by atoms with Crippen LogP contribution in [0.5, 0.6) is 0 Å². The molecule has 0 aromatic heterocycles. The molecule has 4 nitrogen and oxygen atoms in total. The van der Waals surface area contributed by atoms with Crippen LogP contribution in [0.25, 0.3) is 0 Å². The first-order chi connectivity index (χ1) is 9.82. The molecule has 1 rings (SSSR count). The number of amides is 1. The highest BCUT2D eigenvalue weighted by Crippen LogP contribution is 2.28. The summed E-state index contributed by atoms with van der Waals surface area (Å²) in [5.74, 6) is 0. The molecule has 124 valence electrons. The summed E-state index contributed by atoms with van der Waals surface area (Å²) in [6.45, 7) is 10.0. The van der Waals surface area contributed by atoms with Crippen LogP contribution < -0.4 is 0 Å². The number of carbonyl (C=O) groups is 1. The van der Waals surface area contributed by atoms with Crippen LogP contribution in [0, 0.1) is 0 Å². The van der Waals surface area contributed by atoms with Crippen molar-refractivity contribution in [2.24, 2.45) is 0 Å². The molecule has 1 aliphatic rings. The minimum absolute atomic E-state index is 0.232. The zero-order valence-electron chi connectivity index (χ0n) is 13.9. The third-order valence-corrected chi connectivity index (χ3v) is 4.61. The third-order valence-electron chi connectivity index (χ3n) is 3.59. The highest BCUT2D eigenvalue weighted by molar-refractivity contribution is 9.09. The SMILES string of the molecule is CCCCCOC1(CBr)CCCN(C(=O)OC(C)(C)C)C1. The van der Waals surface area contributed by atoms with Crippen LogP contribution in [0.4, 0.5) is 4.79 Å². The number of likely N-dealkylation sites (tertiary alicyclic amines) is 1. The predicted octanol–water partition coefficient (Wildman–Crippen LogP) is 4.36. The molecule has 0 N–H and O–H groups in total. The Bertz CT molecular complexity index is 330. The Kier molecular flexibility index (Phi) is 7.48. The van der Waals surface area contributed by atoms with E-state index in [-0.39, 0.29) is 11.7 Å². The molecule has 1 atom stereocenters. The molecule has 1 saturated heterocycles. The standard InChI is InChI=1S/C16H30BrNO3/c1-5-6-7-11-20-16(12-17)9-8-10-18(13-16)14(19)21-15(2,3)4/h5-13H2,1-4H3. The van der Waals surface area contributed by atoms with E-state index in [2.05, 4.69) is 22.9 Å². The third kappa shape index (κ3) is 6.55. The number of rotatable bonds is 6. The largest absolute Gasteiger partial charge is 0.444 e. The van der Waals surface area contributed by atoms with Crippen molar-refractivity contribution in [3.8, 4) is 0 Å². The first-order valence-corrected chi connectivity index (χ1v) is 9.12. The fourth-order valence-corrected chi connectivity index (χ4v) is 3.11. The van der Waals surface area contributed by atoms with E-state index in [1.807, 2.05) is 20.8 Å². The molecule has 0 bridgehead atoms. The van der Waals surface area contributed by atoms with Gasteiger partial charge in [0, 0.05) is 18.5 Å². The highest BCUT2D eigenvalue weighted by Gasteiger charge is 2.38. The summed E-state index contributed by atoms with van der Waals surface area (Å²) in [5.41, 5.74) is -0.712. The molecule has 0 radical (unpaired) electrons. The van der Waals surface area contributed by atoms with Crippen LogP contribution >= 0.6 is 15.9 Å². The van der Waals surface area contributed by atoms with Gasteiger partial charge in [0.1, 0.15) is 5.60 Å². The zero-order valence-corrected chi connectivity index (χ0v) is 15.5. The van der Waals surface area contributed by atoms with E-state index in [9.17, 15) is 4.79 Å². The van der Waals surface area contributed by atoms with Crippen molar-refractivity contribution < 1.29 is 14.3 Å². The molecule has 0 aliphatic carbocycles. The van der Waals surface area contributed by atoms with Crippen molar-refractivity contribution in [2.75, 3.05) is 25.0 Å². The van der Waals surface area contributed by atoms with Crippen LogP contribution in [0.1, 0.15) is 59.8 Å². The Morgan fingerprint density at radius 2 is 2.05 bits per heavy atom. The zero-order chi connectivity index (χ0) is 15.9. The maximum atomic E-state index is 12.2. The molecule has 0 aromatic carbocycles. The van der Waals surface area contributed by atoms with Gasteiger partial charge in [0.25, 0.3) is 0 Å². The van der Waals surface area contributed by atoms with Gasteiger partial charge in [-0.15, -0.1) is 0 Å². The summed E-state index contributed by atoms with van der Waals surface area (Å²) in [6, 6.07) is 0. The Morgan fingerprint density at radius 1 is 1.33 bits per heavy atom. The van der Waals surface area contributed by atoms with Gasteiger partial charge in [0.05, 0.1) is 12.1 Å². The Morgan fingerprint density at radius 3 is 2.62 bits per heavy atom. The van der Waals surface area contributed by atoms with Crippen molar-refractivity contribution in [3.63, 3.8) is 0 Å². The molecule has 1 fully saturated rings. The van der Waals surface area contributed by atoms with E-state index >= 15 is 0 Å². The summed E-state index contributed by atoms with van der Waals surface area (Å²) in [6.07, 6.45) is 5.17. The lowest BCUT2D eigenvalue weighted by atomic mass is 9.95. The summed E-state index contributed by atoms with van der Waals surface area (Å²) < 4.78 is 11.6. The highest BCUT2D eigenvalue weighted by atomic mass is 79.9. The Labute approximate surface area is 137 Å². The Balaban J connectivity index is 2.56. The second-order valence-electron chi connectivity index (χ2n) is 6.88. The molecule has 0 saturated carbocycles. The fourth-order valence-electron chi connectivity index (χ4n) is 2.49. The van der Waals surface area contributed by atoms with E-state index in [4.69, 9.17) is 9.47 Å². The van der Waals surface area contributed by atoms with Crippen molar-refractivity contribution in [1.82, 2.24) is 4.90 Å². The second kappa shape index (κ2) is 8.37. The van der Waals surface area contributed by atoms with Gasteiger partial charge in [-0.05, 0) is 40.0 Å². The van der Waals surface area contributed by atoms with E-state index in [0.29, 0.717) is 6.54 Å². The van der Waals surface area contributed by atoms with Gasteiger partial charge in [-0.1, -0.05) is 35.7 Å². The maximum absolute atomic E-state index is 12.2. The average molecular weight is 364 g/mol. The monoisotopic (exact) mass is 363 g/mol. The van der Waals surface area contributed by atoms with E-state index in [1.54, 1.807) is 4.90 Å². The van der Waals surface area contributed by atoms with Gasteiger partial charge in [0.15, 0.2) is 0 Å². The minimum atomic E-state index is -0.451. The lowest BCUT2D eigenvalue weighted by Crippen LogP contribution is -2.53. The maximum Gasteiger partial charge on any atom is 0.410 e. The molecule has 0 spiro atoms. The number of hydrogen-bond acceptors (Lipinski definition) is 3. The first kappa shape index (κ1) is 18.8. The van der Waals surface area contributed by atoms with Crippen molar-refractivity contribution in [1.29, 1.82) is 0 Å².